The minimum atomic E-state index is -0.624. The third kappa shape index (κ3) is 6.03. The van der Waals surface area contributed by atoms with Crippen LogP contribution in [0.1, 0.15) is 48.2 Å². The van der Waals surface area contributed by atoms with Crippen molar-refractivity contribution in [2.24, 2.45) is 5.92 Å². The van der Waals surface area contributed by atoms with Gasteiger partial charge in [-0.15, -0.1) is 6.58 Å². The monoisotopic (exact) mass is 576 g/mol. The molecule has 1 aromatic heterocycles. The molecular formula is C37H40N2O4. The van der Waals surface area contributed by atoms with Gasteiger partial charge in [0.25, 0.3) is 0 Å². The fourth-order valence-electron chi connectivity index (χ4n) is 7.00. The molecule has 1 aliphatic heterocycles. The summed E-state index contributed by atoms with van der Waals surface area (Å²) in [6.45, 7) is 7.99. The number of aromatic amines is 1. The van der Waals surface area contributed by atoms with E-state index in [1.54, 1.807) is 0 Å². The molecule has 4 aromatic rings. The Labute approximate surface area is 254 Å². The SMILES string of the molecule is C=CCN1C=CCC2C(OC(C)=O)CC1c1c([nH]c3ccccc13)C2(COCc1ccccc1)COCc1ccccc1. The molecule has 3 atom stereocenters. The van der Waals surface area contributed by atoms with Crippen molar-refractivity contribution in [1.29, 1.82) is 0 Å². The minimum absolute atomic E-state index is 0.0299. The van der Waals surface area contributed by atoms with Crippen molar-refractivity contribution in [3.05, 3.63) is 132 Å². The number of fused-ring (bicyclic) bond motifs is 7. The molecule has 1 aliphatic carbocycles. The molecule has 0 fully saturated rings. The van der Waals surface area contributed by atoms with Crippen LogP contribution in [-0.2, 0) is 37.6 Å². The van der Waals surface area contributed by atoms with Crippen LogP contribution in [0, 0.1) is 5.92 Å². The van der Waals surface area contributed by atoms with Crippen molar-refractivity contribution < 1.29 is 19.0 Å². The van der Waals surface area contributed by atoms with Gasteiger partial charge in [-0.25, -0.2) is 0 Å². The van der Waals surface area contributed by atoms with Crippen molar-refractivity contribution >= 4 is 16.9 Å². The zero-order valence-electron chi connectivity index (χ0n) is 24.8. The molecule has 6 rings (SSSR count). The van der Waals surface area contributed by atoms with Crippen LogP contribution in [0.5, 0.6) is 0 Å². The van der Waals surface area contributed by atoms with Gasteiger partial charge >= 0.3 is 5.97 Å². The third-order valence-electron chi connectivity index (χ3n) is 8.88. The van der Waals surface area contributed by atoms with Gasteiger partial charge in [-0.1, -0.05) is 91.0 Å². The lowest BCUT2D eigenvalue weighted by molar-refractivity contribution is -0.154. The maximum atomic E-state index is 12.6. The number of allylic oxidation sites excluding steroid dienone is 1. The summed E-state index contributed by atoms with van der Waals surface area (Å²) in [6, 6.07) is 28.9. The van der Waals surface area contributed by atoms with Crippen LogP contribution in [0.25, 0.3) is 10.9 Å². The Kier molecular flexibility index (Phi) is 8.77. The van der Waals surface area contributed by atoms with E-state index in [2.05, 4.69) is 77.3 Å². The Morgan fingerprint density at radius 2 is 1.58 bits per heavy atom. The van der Waals surface area contributed by atoms with Crippen LogP contribution in [0.15, 0.2) is 110 Å². The molecule has 3 unspecified atom stereocenters. The molecule has 0 saturated carbocycles. The van der Waals surface area contributed by atoms with Crippen LogP contribution in [0.2, 0.25) is 0 Å². The van der Waals surface area contributed by atoms with Gasteiger partial charge in [0.15, 0.2) is 0 Å². The number of esters is 1. The second-order valence-electron chi connectivity index (χ2n) is 11.7. The number of aromatic nitrogens is 1. The fraction of sp³-hybridized carbons (Fsp3) is 0.324. The first-order chi connectivity index (χ1) is 21.1. The number of carbonyl (C=O) groups is 1. The summed E-state index contributed by atoms with van der Waals surface area (Å²) in [5.74, 6) is -0.352. The van der Waals surface area contributed by atoms with E-state index in [-0.39, 0.29) is 24.0 Å². The van der Waals surface area contributed by atoms with Gasteiger partial charge in [0.2, 0.25) is 0 Å². The van der Waals surface area contributed by atoms with Gasteiger partial charge in [0.05, 0.1) is 37.9 Å². The maximum absolute atomic E-state index is 12.6. The van der Waals surface area contributed by atoms with Crippen LogP contribution in [0.4, 0.5) is 0 Å². The third-order valence-corrected chi connectivity index (χ3v) is 8.88. The van der Waals surface area contributed by atoms with Gasteiger partial charge < -0.3 is 24.1 Å². The number of para-hydroxylation sites is 1. The Bertz CT molecular complexity index is 1520. The highest BCUT2D eigenvalue weighted by molar-refractivity contribution is 5.86. The number of ether oxygens (including phenoxy) is 3. The zero-order chi connectivity index (χ0) is 29.6. The number of nitrogens with one attached hydrogen (secondary N) is 1. The first-order valence-electron chi connectivity index (χ1n) is 15.1. The van der Waals surface area contributed by atoms with Crippen molar-refractivity contribution in [1.82, 2.24) is 9.88 Å². The van der Waals surface area contributed by atoms with Gasteiger partial charge in [-0.3, -0.25) is 4.79 Å². The van der Waals surface area contributed by atoms with E-state index in [9.17, 15) is 4.79 Å². The normalized spacial score (nSPS) is 20.7. The lowest BCUT2D eigenvalue weighted by atomic mass is 9.69. The number of carbonyl (C=O) groups excluding carboxylic acids is 1. The average Bonchev–Trinajstić information content (AvgIpc) is 3.37. The van der Waals surface area contributed by atoms with E-state index < -0.39 is 5.41 Å². The van der Waals surface area contributed by atoms with Gasteiger partial charge in [-0.2, -0.15) is 0 Å². The van der Waals surface area contributed by atoms with E-state index in [1.807, 2.05) is 42.5 Å². The first-order valence-corrected chi connectivity index (χ1v) is 15.1. The first kappa shape index (κ1) is 29.0. The van der Waals surface area contributed by atoms with Crippen LogP contribution < -0.4 is 0 Å². The largest absolute Gasteiger partial charge is 0.462 e. The summed E-state index contributed by atoms with van der Waals surface area (Å²) in [7, 11) is 0. The van der Waals surface area contributed by atoms with E-state index in [0.717, 1.165) is 22.3 Å². The zero-order valence-corrected chi connectivity index (χ0v) is 24.8. The van der Waals surface area contributed by atoms with Crippen LogP contribution in [-0.4, -0.2) is 41.7 Å². The summed E-state index contributed by atoms with van der Waals surface area (Å²) < 4.78 is 19.5. The second-order valence-corrected chi connectivity index (χ2v) is 11.7. The standard InChI is InChI=1S/C37H40N2O4/c1-3-20-39-21-12-18-31-34(43-27(2)40)22-33(39)35-30-17-10-11-19-32(30)38-36(35)37(31,25-41-23-28-13-6-4-7-14-28)26-42-24-29-15-8-5-9-16-29/h3-17,19,21,31,33-34,38H,1,18,20,22-26H2,2H3. The second kappa shape index (κ2) is 13.0. The molecular weight excluding hydrogens is 536 g/mol. The molecule has 2 bridgehead atoms. The molecule has 3 aromatic carbocycles. The highest BCUT2D eigenvalue weighted by atomic mass is 16.5. The predicted octanol–water partition coefficient (Wildman–Crippen LogP) is 7.24. The molecule has 2 heterocycles. The molecule has 6 heteroatoms. The molecule has 6 nitrogen and oxygen atoms in total. The minimum Gasteiger partial charge on any atom is -0.462 e. The van der Waals surface area contributed by atoms with Crippen molar-refractivity contribution in [3.8, 4) is 0 Å². The average molecular weight is 577 g/mol. The summed E-state index contributed by atoms with van der Waals surface area (Å²) in [5.41, 5.74) is 5.01. The van der Waals surface area contributed by atoms with E-state index in [0.29, 0.717) is 45.8 Å². The van der Waals surface area contributed by atoms with Gasteiger partial charge in [-0.05, 0) is 29.8 Å². The van der Waals surface area contributed by atoms with Crippen LogP contribution >= 0.6 is 0 Å². The lowest BCUT2D eigenvalue weighted by Crippen LogP contribution is -2.49. The maximum Gasteiger partial charge on any atom is 0.302 e. The molecule has 222 valence electrons. The predicted molar refractivity (Wildman–Crippen MR) is 169 cm³/mol. The summed E-state index contributed by atoms with van der Waals surface area (Å²) in [5, 5.41) is 1.17. The topological polar surface area (TPSA) is 63.8 Å². The van der Waals surface area contributed by atoms with E-state index >= 15 is 0 Å². The molecule has 0 radical (unpaired) electrons. The Morgan fingerprint density at radius 1 is 0.953 bits per heavy atom. The highest BCUT2D eigenvalue weighted by Crippen LogP contribution is 2.51. The molecule has 2 aliphatic rings. The number of nitrogens with zero attached hydrogens (tertiary/aromatic N) is 1. The van der Waals surface area contributed by atoms with Gasteiger partial charge in [0.1, 0.15) is 6.10 Å². The van der Waals surface area contributed by atoms with Gasteiger partial charge in [0, 0.05) is 48.0 Å². The number of hydrogen-bond donors (Lipinski definition) is 1. The number of benzene rings is 3. The van der Waals surface area contributed by atoms with Crippen molar-refractivity contribution in [2.75, 3.05) is 19.8 Å². The molecule has 0 amide bonds. The molecule has 0 spiro atoms. The number of H-pyrrole nitrogens is 1. The molecule has 0 saturated heterocycles. The van der Waals surface area contributed by atoms with E-state index in [1.165, 1.54) is 17.9 Å². The molecule has 43 heavy (non-hydrogen) atoms. The Balaban J connectivity index is 1.50. The van der Waals surface area contributed by atoms with Crippen LogP contribution in [0.3, 0.4) is 0 Å². The fourth-order valence-corrected chi connectivity index (χ4v) is 7.00. The van der Waals surface area contributed by atoms with Crippen molar-refractivity contribution in [3.63, 3.8) is 0 Å². The number of hydrogen-bond acceptors (Lipinski definition) is 5. The Morgan fingerprint density at radius 3 is 2.21 bits per heavy atom. The summed E-state index contributed by atoms with van der Waals surface area (Å²) >= 11 is 0. The smallest absolute Gasteiger partial charge is 0.302 e. The van der Waals surface area contributed by atoms with E-state index in [4.69, 9.17) is 14.2 Å². The number of rotatable bonds is 11. The quantitative estimate of drug-likeness (QED) is 0.151. The highest BCUT2D eigenvalue weighted by Gasteiger charge is 2.53. The molecule has 1 N–H and O–H groups in total. The summed E-state index contributed by atoms with van der Waals surface area (Å²) in [4.78, 5) is 18.8. The lowest BCUT2D eigenvalue weighted by Gasteiger charge is -2.42. The van der Waals surface area contributed by atoms with Crippen molar-refractivity contribution in [2.45, 2.75) is 50.5 Å². The summed E-state index contributed by atoms with van der Waals surface area (Å²) in [6.07, 6.45) is 7.38. The Hall–Kier alpha value is -4.13.